The predicted molar refractivity (Wildman–Crippen MR) is 80.0 cm³/mol. The number of pyridine rings is 1. The van der Waals surface area contributed by atoms with E-state index in [0.717, 1.165) is 25.4 Å². The highest BCUT2D eigenvalue weighted by Crippen LogP contribution is 2.16. The number of anilines is 1. The highest BCUT2D eigenvalue weighted by molar-refractivity contribution is 5.99. The highest BCUT2D eigenvalue weighted by atomic mass is 16.6. The number of hydrogen-bond donors (Lipinski definition) is 2. The van der Waals surface area contributed by atoms with Crippen LogP contribution in [-0.2, 0) is 0 Å². The van der Waals surface area contributed by atoms with Crippen LogP contribution in [-0.4, -0.2) is 46.4 Å². The Labute approximate surface area is 123 Å². The SMILES string of the molecule is CCN(CC)CC(C)NC(=O)c1cc([N+](=O)[O-])cnc1N. The third-order valence-electron chi connectivity index (χ3n) is 3.16. The quantitative estimate of drug-likeness (QED) is 0.573. The van der Waals surface area contributed by atoms with Gasteiger partial charge in [0, 0.05) is 18.7 Å². The van der Waals surface area contributed by atoms with Gasteiger partial charge >= 0.3 is 0 Å². The highest BCUT2D eigenvalue weighted by Gasteiger charge is 2.18. The Morgan fingerprint density at radius 3 is 2.67 bits per heavy atom. The third-order valence-corrected chi connectivity index (χ3v) is 3.16. The van der Waals surface area contributed by atoms with Crippen LogP contribution in [0.4, 0.5) is 11.5 Å². The lowest BCUT2D eigenvalue weighted by Gasteiger charge is -2.23. The Balaban J connectivity index is 2.79. The number of likely N-dealkylation sites (N-methyl/N-ethyl adjacent to an activating group) is 1. The van der Waals surface area contributed by atoms with Crippen LogP contribution < -0.4 is 11.1 Å². The van der Waals surface area contributed by atoms with E-state index in [1.165, 1.54) is 0 Å². The second kappa shape index (κ2) is 7.53. The number of nitrogens with one attached hydrogen (secondary N) is 1. The number of nitrogens with two attached hydrogens (primary N) is 1. The zero-order valence-corrected chi connectivity index (χ0v) is 12.5. The smallest absolute Gasteiger partial charge is 0.288 e. The lowest BCUT2D eigenvalue weighted by atomic mass is 10.2. The molecule has 0 aliphatic heterocycles. The maximum atomic E-state index is 12.1. The summed E-state index contributed by atoms with van der Waals surface area (Å²) in [6, 6.07) is 1.04. The summed E-state index contributed by atoms with van der Waals surface area (Å²) in [5, 5.41) is 13.5. The van der Waals surface area contributed by atoms with Crippen LogP contribution in [0.25, 0.3) is 0 Å². The van der Waals surface area contributed by atoms with E-state index < -0.39 is 10.8 Å². The molecule has 8 heteroatoms. The number of nitrogen functional groups attached to an aromatic ring is 1. The van der Waals surface area contributed by atoms with E-state index in [4.69, 9.17) is 5.73 Å². The van der Waals surface area contributed by atoms with Crippen LogP contribution in [0.2, 0.25) is 0 Å². The van der Waals surface area contributed by atoms with Crippen LogP contribution in [0.5, 0.6) is 0 Å². The van der Waals surface area contributed by atoms with Gasteiger partial charge in [0.25, 0.3) is 11.6 Å². The van der Waals surface area contributed by atoms with Crippen molar-refractivity contribution in [2.45, 2.75) is 26.8 Å². The number of rotatable bonds is 7. The molecule has 1 aromatic rings. The zero-order valence-electron chi connectivity index (χ0n) is 12.5. The predicted octanol–water partition coefficient (Wildman–Crippen LogP) is 1.03. The molecule has 1 unspecified atom stereocenters. The van der Waals surface area contributed by atoms with Crippen molar-refractivity contribution in [3.05, 3.63) is 27.9 Å². The minimum Gasteiger partial charge on any atom is -0.383 e. The summed E-state index contributed by atoms with van der Waals surface area (Å²) in [4.78, 5) is 28.1. The first-order chi connectivity index (χ1) is 9.88. The van der Waals surface area contributed by atoms with E-state index >= 15 is 0 Å². The van der Waals surface area contributed by atoms with E-state index in [1.807, 2.05) is 20.8 Å². The molecule has 3 N–H and O–H groups in total. The van der Waals surface area contributed by atoms with Crippen molar-refractivity contribution in [1.29, 1.82) is 0 Å². The van der Waals surface area contributed by atoms with E-state index in [1.54, 1.807) is 0 Å². The van der Waals surface area contributed by atoms with Crippen molar-refractivity contribution in [3.8, 4) is 0 Å². The fourth-order valence-electron chi connectivity index (χ4n) is 1.96. The number of aromatic nitrogens is 1. The summed E-state index contributed by atoms with van der Waals surface area (Å²) >= 11 is 0. The summed E-state index contributed by atoms with van der Waals surface area (Å²) in [7, 11) is 0. The average Bonchev–Trinajstić information content (AvgIpc) is 2.44. The van der Waals surface area contributed by atoms with Crippen molar-refractivity contribution in [2.75, 3.05) is 25.4 Å². The molecule has 1 amide bonds. The van der Waals surface area contributed by atoms with Gasteiger partial charge in [-0.05, 0) is 20.0 Å². The fourth-order valence-corrected chi connectivity index (χ4v) is 1.96. The first-order valence-electron chi connectivity index (χ1n) is 6.82. The topological polar surface area (TPSA) is 114 Å². The summed E-state index contributed by atoms with van der Waals surface area (Å²) in [6.45, 7) is 8.42. The summed E-state index contributed by atoms with van der Waals surface area (Å²) in [5.41, 5.74) is 5.38. The lowest BCUT2D eigenvalue weighted by Crippen LogP contribution is -2.42. The molecule has 116 valence electrons. The van der Waals surface area contributed by atoms with Crippen LogP contribution in [0.3, 0.4) is 0 Å². The molecule has 0 bridgehead atoms. The van der Waals surface area contributed by atoms with Crippen molar-refractivity contribution < 1.29 is 9.72 Å². The number of nitro groups is 1. The van der Waals surface area contributed by atoms with Crippen molar-refractivity contribution >= 4 is 17.4 Å². The van der Waals surface area contributed by atoms with Gasteiger partial charge < -0.3 is 16.0 Å². The van der Waals surface area contributed by atoms with E-state index in [0.29, 0.717) is 6.54 Å². The van der Waals surface area contributed by atoms with Gasteiger partial charge in [-0.25, -0.2) is 4.98 Å². The molecule has 0 saturated heterocycles. The number of carbonyl (C=O) groups is 1. The van der Waals surface area contributed by atoms with Crippen LogP contribution in [0, 0.1) is 10.1 Å². The Kier molecular flexibility index (Phi) is 6.04. The van der Waals surface area contributed by atoms with E-state index in [-0.39, 0.29) is 23.1 Å². The first-order valence-corrected chi connectivity index (χ1v) is 6.82. The molecule has 1 rings (SSSR count). The second-order valence-corrected chi connectivity index (χ2v) is 4.74. The van der Waals surface area contributed by atoms with Gasteiger partial charge in [0.05, 0.1) is 10.5 Å². The third kappa shape index (κ3) is 4.67. The average molecular weight is 295 g/mol. The maximum absolute atomic E-state index is 12.1. The molecule has 8 nitrogen and oxygen atoms in total. The molecule has 0 fully saturated rings. The van der Waals surface area contributed by atoms with Gasteiger partial charge in [-0.2, -0.15) is 0 Å². The summed E-state index contributed by atoms with van der Waals surface area (Å²) in [5.74, 6) is -0.475. The van der Waals surface area contributed by atoms with Crippen molar-refractivity contribution in [3.63, 3.8) is 0 Å². The molecule has 1 aromatic heterocycles. The minimum atomic E-state index is -0.609. The van der Waals surface area contributed by atoms with E-state index in [2.05, 4.69) is 15.2 Å². The molecule has 0 radical (unpaired) electrons. The number of hydrogen-bond acceptors (Lipinski definition) is 6. The normalized spacial score (nSPS) is 12.2. The Hall–Kier alpha value is -2.22. The van der Waals surface area contributed by atoms with Gasteiger partial charge in [0.2, 0.25) is 0 Å². The summed E-state index contributed by atoms with van der Waals surface area (Å²) in [6.07, 6.45) is 1.03. The lowest BCUT2D eigenvalue weighted by molar-refractivity contribution is -0.385. The second-order valence-electron chi connectivity index (χ2n) is 4.74. The van der Waals surface area contributed by atoms with Gasteiger partial charge in [-0.3, -0.25) is 14.9 Å². The Morgan fingerprint density at radius 2 is 2.14 bits per heavy atom. The molecule has 0 saturated carbocycles. The standard InChI is InChI=1S/C13H21N5O3/c1-4-17(5-2)8-9(3)16-13(19)11-6-10(18(20)21)7-15-12(11)14/h6-7,9H,4-5,8H2,1-3H3,(H2,14,15)(H,16,19). The van der Waals surface area contributed by atoms with E-state index in [9.17, 15) is 14.9 Å². The molecular formula is C13H21N5O3. The monoisotopic (exact) mass is 295 g/mol. The van der Waals surface area contributed by atoms with Crippen molar-refractivity contribution in [2.24, 2.45) is 0 Å². The molecule has 0 aliphatic carbocycles. The summed E-state index contributed by atoms with van der Waals surface area (Å²) < 4.78 is 0. The molecule has 0 aliphatic rings. The van der Waals surface area contributed by atoms with Crippen LogP contribution in [0.15, 0.2) is 12.3 Å². The first kappa shape index (κ1) is 16.8. The molecule has 21 heavy (non-hydrogen) atoms. The van der Waals surface area contributed by atoms with Crippen LogP contribution in [0.1, 0.15) is 31.1 Å². The van der Waals surface area contributed by atoms with Gasteiger partial charge in [0.15, 0.2) is 0 Å². The van der Waals surface area contributed by atoms with Crippen LogP contribution >= 0.6 is 0 Å². The number of amides is 1. The fraction of sp³-hybridized carbons (Fsp3) is 0.538. The molecular weight excluding hydrogens is 274 g/mol. The molecule has 0 aromatic carbocycles. The maximum Gasteiger partial charge on any atom is 0.288 e. The largest absolute Gasteiger partial charge is 0.383 e. The molecule has 0 spiro atoms. The van der Waals surface area contributed by atoms with Gasteiger partial charge in [-0.1, -0.05) is 13.8 Å². The van der Waals surface area contributed by atoms with Crippen molar-refractivity contribution in [1.82, 2.24) is 15.2 Å². The molecule has 1 atom stereocenters. The minimum absolute atomic E-state index is 0.0202. The molecule has 1 heterocycles. The number of carbonyl (C=O) groups excluding carboxylic acids is 1. The Morgan fingerprint density at radius 1 is 1.52 bits per heavy atom. The van der Waals surface area contributed by atoms with Gasteiger partial charge in [0.1, 0.15) is 12.0 Å². The van der Waals surface area contributed by atoms with Gasteiger partial charge in [-0.15, -0.1) is 0 Å². The number of nitrogens with zero attached hydrogens (tertiary/aromatic N) is 3. The Bertz CT molecular complexity index is 517. The zero-order chi connectivity index (χ0) is 16.0.